The summed E-state index contributed by atoms with van der Waals surface area (Å²) in [7, 11) is 0.0251. The first-order chi connectivity index (χ1) is 15.0. The van der Waals surface area contributed by atoms with Crippen LogP contribution in [0.25, 0.3) is 0 Å². The molecule has 0 aliphatic heterocycles. The topological polar surface area (TPSA) is 6.48 Å². The van der Waals surface area contributed by atoms with Gasteiger partial charge in [-0.2, -0.15) is 0 Å². The van der Waals surface area contributed by atoms with Gasteiger partial charge >= 0.3 is 0 Å². The number of hydrazine groups is 1. The quantitative estimate of drug-likeness (QED) is 0.286. The minimum Gasteiger partial charge on any atom is -0.242 e. The van der Waals surface area contributed by atoms with E-state index in [0.717, 1.165) is 51.6 Å². The average Bonchev–Trinajstić information content (AvgIpc) is 2.69. The second-order valence-electron chi connectivity index (χ2n) is 13.2. The Labute approximate surface area is 194 Å². The van der Waals surface area contributed by atoms with Crippen LogP contribution in [0.3, 0.4) is 0 Å². The van der Waals surface area contributed by atoms with Gasteiger partial charge in [0.1, 0.15) is 0 Å². The van der Waals surface area contributed by atoms with Crippen LogP contribution in [-0.2, 0) is 0 Å². The van der Waals surface area contributed by atoms with Gasteiger partial charge in [-0.3, -0.25) is 0 Å². The zero-order chi connectivity index (χ0) is 21.4. The third-order valence-electron chi connectivity index (χ3n) is 11.3. The lowest BCUT2D eigenvalue weighted by molar-refractivity contribution is -0.0275. The normalized spacial score (nSPS) is 49.4. The van der Waals surface area contributed by atoms with E-state index in [2.05, 4.69) is 37.7 Å². The SMILES string of the molecule is CCN(CC)N(CC)C(C)P(C12CC3CC(CC(C3)C1)C2)C12CC3CC(CC(C3)C1)C2. The molecule has 0 aromatic heterocycles. The molecule has 0 N–H and O–H groups in total. The summed E-state index contributed by atoms with van der Waals surface area (Å²) in [6, 6.07) is 0. The maximum absolute atomic E-state index is 2.89. The van der Waals surface area contributed by atoms with Gasteiger partial charge in [-0.15, -0.1) is 0 Å². The first kappa shape index (κ1) is 21.9. The van der Waals surface area contributed by atoms with Crippen LogP contribution in [0, 0.1) is 35.5 Å². The lowest BCUT2D eigenvalue weighted by Crippen LogP contribution is -2.60. The fraction of sp³-hybridized carbons (Fsp3) is 1.00. The summed E-state index contributed by atoms with van der Waals surface area (Å²) in [5.41, 5.74) is 0. The lowest BCUT2D eigenvalue weighted by atomic mass is 9.55. The van der Waals surface area contributed by atoms with Crippen molar-refractivity contribution < 1.29 is 0 Å². The summed E-state index contributed by atoms with van der Waals surface area (Å²) in [6.07, 6.45) is 19.4. The molecule has 2 nitrogen and oxygen atoms in total. The largest absolute Gasteiger partial charge is 0.242 e. The summed E-state index contributed by atoms with van der Waals surface area (Å²) in [4.78, 5) is 0. The van der Waals surface area contributed by atoms with Crippen molar-refractivity contribution in [3.8, 4) is 0 Å². The number of rotatable bonds is 8. The molecule has 0 amide bonds. The Morgan fingerprint density at radius 3 is 1.19 bits per heavy atom. The third-order valence-corrected chi connectivity index (χ3v) is 15.4. The van der Waals surface area contributed by atoms with E-state index in [0.29, 0.717) is 0 Å². The summed E-state index contributed by atoms with van der Waals surface area (Å²) >= 11 is 0. The van der Waals surface area contributed by atoms with Gasteiger partial charge in [-0.05, 0) is 130 Å². The molecule has 0 aromatic carbocycles. The van der Waals surface area contributed by atoms with Gasteiger partial charge in [0.2, 0.25) is 0 Å². The van der Waals surface area contributed by atoms with Gasteiger partial charge in [0.25, 0.3) is 0 Å². The second-order valence-corrected chi connectivity index (χ2v) is 16.6. The Morgan fingerprint density at radius 1 is 0.613 bits per heavy atom. The van der Waals surface area contributed by atoms with Gasteiger partial charge in [-0.1, -0.05) is 28.7 Å². The zero-order valence-corrected chi connectivity index (χ0v) is 21.9. The predicted octanol–water partition coefficient (Wildman–Crippen LogP) is 7.33. The van der Waals surface area contributed by atoms with Crippen molar-refractivity contribution in [1.29, 1.82) is 0 Å². The molecule has 8 bridgehead atoms. The van der Waals surface area contributed by atoms with Crippen molar-refractivity contribution in [1.82, 2.24) is 10.0 Å². The molecule has 8 aliphatic carbocycles. The van der Waals surface area contributed by atoms with E-state index < -0.39 is 0 Å². The molecule has 3 heteroatoms. The van der Waals surface area contributed by atoms with Gasteiger partial charge < -0.3 is 0 Å². The molecule has 0 heterocycles. The standard InChI is InChI=1S/C28H49N2P/c1-5-29(6-2)30(7-3)20(4)31(27-14-21-8-22(15-27)10-23(9-21)16-27)28-17-24-11-25(18-28)13-26(12-24)19-28/h20-26H,5-19H2,1-4H3. The average molecular weight is 445 g/mol. The van der Waals surface area contributed by atoms with E-state index in [1.54, 1.807) is 77.0 Å². The first-order valence-electron chi connectivity index (χ1n) is 14.3. The van der Waals surface area contributed by atoms with E-state index in [1.165, 1.54) is 19.6 Å². The van der Waals surface area contributed by atoms with Crippen LogP contribution in [0.5, 0.6) is 0 Å². The highest BCUT2D eigenvalue weighted by Crippen LogP contribution is 2.80. The maximum Gasteiger partial charge on any atom is 0.0424 e. The van der Waals surface area contributed by atoms with Crippen LogP contribution in [0.1, 0.15) is 105 Å². The van der Waals surface area contributed by atoms with Crippen molar-refractivity contribution in [3.05, 3.63) is 0 Å². The fourth-order valence-corrected chi connectivity index (χ4v) is 17.3. The highest BCUT2D eigenvalue weighted by atomic mass is 31.1. The molecule has 176 valence electrons. The van der Waals surface area contributed by atoms with E-state index in [9.17, 15) is 0 Å². The first-order valence-corrected chi connectivity index (χ1v) is 15.7. The molecule has 1 unspecified atom stereocenters. The van der Waals surface area contributed by atoms with Crippen LogP contribution < -0.4 is 0 Å². The summed E-state index contributed by atoms with van der Waals surface area (Å²) in [6.45, 7) is 13.5. The van der Waals surface area contributed by atoms with Crippen LogP contribution in [0.2, 0.25) is 0 Å². The van der Waals surface area contributed by atoms with Gasteiger partial charge in [0.05, 0.1) is 0 Å². The third kappa shape index (κ3) is 3.43. The predicted molar refractivity (Wildman–Crippen MR) is 133 cm³/mol. The van der Waals surface area contributed by atoms with E-state index in [1.807, 2.05) is 0 Å². The van der Waals surface area contributed by atoms with Crippen LogP contribution in [0.4, 0.5) is 0 Å². The molecule has 8 rings (SSSR count). The van der Waals surface area contributed by atoms with Crippen molar-refractivity contribution in [3.63, 3.8) is 0 Å². The molecule has 0 radical (unpaired) electrons. The van der Waals surface area contributed by atoms with Crippen molar-refractivity contribution >= 4 is 7.92 Å². The Morgan fingerprint density at radius 2 is 0.935 bits per heavy atom. The molecule has 1 atom stereocenters. The van der Waals surface area contributed by atoms with Crippen LogP contribution in [0.15, 0.2) is 0 Å². The smallest absolute Gasteiger partial charge is 0.0424 e. The molecule has 8 aliphatic rings. The van der Waals surface area contributed by atoms with Crippen molar-refractivity contribution in [2.75, 3.05) is 19.6 Å². The van der Waals surface area contributed by atoms with Crippen molar-refractivity contribution in [2.24, 2.45) is 35.5 Å². The molecule has 8 fully saturated rings. The number of hydrogen-bond acceptors (Lipinski definition) is 2. The van der Waals surface area contributed by atoms with E-state index >= 15 is 0 Å². The lowest BCUT2D eigenvalue weighted by Gasteiger charge is -2.69. The number of nitrogens with zero attached hydrogens (tertiary/aromatic N) is 2. The van der Waals surface area contributed by atoms with E-state index in [-0.39, 0.29) is 7.92 Å². The minimum atomic E-state index is 0.0251. The number of hydrogen-bond donors (Lipinski definition) is 0. The van der Waals surface area contributed by atoms with Crippen molar-refractivity contribution in [2.45, 2.75) is 121 Å². The van der Waals surface area contributed by atoms with E-state index in [4.69, 9.17) is 0 Å². The highest BCUT2D eigenvalue weighted by molar-refractivity contribution is 7.61. The molecule has 0 aromatic rings. The Hall–Kier alpha value is 0.350. The summed E-state index contributed by atoms with van der Waals surface area (Å²) < 4.78 is 0. The molecule has 0 spiro atoms. The van der Waals surface area contributed by atoms with Gasteiger partial charge in [0, 0.05) is 25.4 Å². The van der Waals surface area contributed by atoms with Gasteiger partial charge in [-0.25, -0.2) is 10.0 Å². The van der Waals surface area contributed by atoms with Gasteiger partial charge in [0.15, 0.2) is 0 Å². The monoisotopic (exact) mass is 444 g/mol. The summed E-state index contributed by atoms with van der Waals surface area (Å²) in [5, 5.41) is 7.09. The molecule has 31 heavy (non-hydrogen) atoms. The molecule has 8 saturated carbocycles. The second kappa shape index (κ2) is 7.95. The fourth-order valence-electron chi connectivity index (χ4n) is 11.4. The Bertz CT molecular complexity index is 555. The highest BCUT2D eigenvalue weighted by Gasteiger charge is 2.64. The molecular weight excluding hydrogens is 395 g/mol. The zero-order valence-electron chi connectivity index (χ0n) is 21.0. The molecular formula is C28H49N2P. The Kier molecular flexibility index (Phi) is 5.60. The minimum absolute atomic E-state index is 0.0251. The molecule has 0 saturated heterocycles. The van der Waals surface area contributed by atoms with Crippen LogP contribution in [-0.4, -0.2) is 45.7 Å². The summed E-state index contributed by atoms with van der Waals surface area (Å²) in [5.74, 6) is 7.37. The Balaban J connectivity index is 1.41. The maximum atomic E-state index is 2.89. The van der Waals surface area contributed by atoms with Crippen LogP contribution >= 0.6 is 7.92 Å².